The number of methoxy groups -OCH3 is 1. The SMILES string of the molecule is COC(=O)[C@@H](NC(=O)N1C(=O)[C@@]2(c3ccccc31)[C@H](c1ccc(OCCO)cc1)N1[C@H](c3ccccc3)[C@H](c3ccccc3)OC(=O)[C@H]1[C@@H]2C(=O)NC[C@H](O)c1ccccc1)C(C)C. The van der Waals surface area contributed by atoms with Gasteiger partial charge in [-0.3, -0.25) is 19.3 Å². The van der Waals surface area contributed by atoms with Crippen LogP contribution in [0.3, 0.4) is 0 Å². The Hall–Kier alpha value is -6.87. The fourth-order valence-electron chi connectivity index (χ4n) is 9.70. The van der Waals surface area contributed by atoms with Crippen molar-refractivity contribution in [1.82, 2.24) is 15.5 Å². The van der Waals surface area contributed by atoms with Crippen molar-refractivity contribution >= 4 is 35.5 Å². The van der Waals surface area contributed by atoms with Gasteiger partial charge < -0.3 is 35.1 Å². The van der Waals surface area contributed by atoms with E-state index in [-0.39, 0.29) is 31.0 Å². The number of ether oxygens (including phenoxy) is 3. The monoisotopic (exact) mass is 866 g/mol. The fraction of sp³-hybridized carbons (Fsp3) is 0.300. The number of aliphatic hydroxyl groups excluding tert-OH is 2. The van der Waals surface area contributed by atoms with Crippen LogP contribution in [-0.2, 0) is 34.1 Å². The summed E-state index contributed by atoms with van der Waals surface area (Å²) in [4.78, 5) is 77.5. The Balaban J connectivity index is 1.38. The molecule has 2 saturated heterocycles. The molecule has 3 aliphatic heterocycles. The number of esters is 2. The molecule has 4 amide bonds. The first kappa shape index (κ1) is 43.8. The van der Waals surface area contributed by atoms with Crippen LogP contribution in [0.2, 0.25) is 0 Å². The van der Waals surface area contributed by atoms with Crippen molar-refractivity contribution in [3.8, 4) is 5.75 Å². The number of aliphatic hydroxyl groups is 2. The first-order valence-corrected chi connectivity index (χ1v) is 21.3. The molecule has 0 unspecified atom stereocenters. The summed E-state index contributed by atoms with van der Waals surface area (Å²) in [6, 6.07) is 35.4. The van der Waals surface area contributed by atoms with Gasteiger partial charge in [-0.15, -0.1) is 0 Å². The summed E-state index contributed by atoms with van der Waals surface area (Å²) in [5.41, 5.74) is 0.834. The third-order valence-electron chi connectivity index (χ3n) is 12.5. The highest BCUT2D eigenvalue weighted by atomic mass is 16.6. The summed E-state index contributed by atoms with van der Waals surface area (Å²) in [5, 5.41) is 26.5. The number of benzene rings is 5. The van der Waals surface area contributed by atoms with E-state index >= 15 is 14.4 Å². The number of rotatable bonds is 13. The molecule has 0 radical (unpaired) electrons. The van der Waals surface area contributed by atoms with Gasteiger partial charge in [0.05, 0.1) is 43.5 Å². The molecule has 14 nitrogen and oxygen atoms in total. The highest BCUT2D eigenvalue weighted by molar-refractivity contribution is 6.25. The van der Waals surface area contributed by atoms with Gasteiger partial charge >= 0.3 is 18.0 Å². The number of cyclic esters (lactones) is 1. The minimum Gasteiger partial charge on any atom is -0.491 e. The zero-order valence-electron chi connectivity index (χ0n) is 35.6. The molecule has 3 heterocycles. The van der Waals surface area contributed by atoms with E-state index in [0.717, 1.165) is 10.5 Å². The molecule has 0 bridgehead atoms. The number of carbonyl (C=O) groups excluding carboxylic acids is 5. The van der Waals surface area contributed by atoms with Gasteiger partial charge in [-0.2, -0.15) is 0 Å². The molecular weight excluding hydrogens is 817 g/mol. The number of urea groups is 1. The zero-order chi connectivity index (χ0) is 45.1. The lowest BCUT2D eigenvalue weighted by Crippen LogP contribution is -2.58. The standard InChI is InChI=1S/C50H50N4O10/c1-30(2)40(46(58)62-3)52-49(61)53-37-22-14-13-21-36(37)50(48(53)60)39(45(57)51-29-38(56)31-15-7-4-8-16-31)42-47(59)64-43(33-19-11-6-12-20-33)41(32-17-9-5-10-18-32)54(42)44(50)34-23-25-35(26-24-34)63-28-27-55/h4-26,30,38-44,55-56H,27-29H2,1-3H3,(H,51,57)(H,52,61)/t38-,39+,40-,41+,42+,43-,44-,50+/m0/s1. The fourth-order valence-corrected chi connectivity index (χ4v) is 9.70. The van der Waals surface area contributed by atoms with E-state index in [1.165, 1.54) is 7.11 Å². The van der Waals surface area contributed by atoms with Crippen LogP contribution in [0.15, 0.2) is 140 Å². The smallest absolute Gasteiger partial charge is 0.329 e. The molecule has 1 spiro atoms. The van der Waals surface area contributed by atoms with Gasteiger partial charge in [-0.1, -0.05) is 135 Å². The summed E-state index contributed by atoms with van der Waals surface area (Å²) in [5.74, 6) is -4.64. The van der Waals surface area contributed by atoms with E-state index in [4.69, 9.17) is 14.2 Å². The van der Waals surface area contributed by atoms with Gasteiger partial charge in [0.15, 0.2) is 0 Å². The Labute approximate surface area is 370 Å². The Kier molecular flexibility index (Phi) is 12.6. The number of amides is 4. The average molecular weight is 867 g/mol. The minimum atomic E-state index is -2.04. The molecular formula is C50H50N4O10. The lowest BCUT2D eigenvalue weighted by molar-refractivity contribution is -0.178. The predicted molar refractivity (Wildman–Crippen MR) is 235 cm³/mol. The number of fused-ring (bicyclic) bond motifs is 3. The number of nitrogens with one attached hydrogen (secondary N) is 2. The van der Waals surface area contributed by atoms with E-state index in [2.05, 4.69) is 10.6 Å². The predicted octanol–water partition coefficient (Wildman–Crippen LogP) is 5.48. The minimum absolute atomic E-state index is 0.0253. The number of anilines is 1. The second-order valence-electron chi connectivity index (χ2n) is 16.4. The molecule has 64 heavy (non-hydrogen) atoms. The summed E-state index contributed by atoms with van der Waals surface area (Å²) >= 11 is 0. The topological polar surface area (TPSA) is 184 Å². The first-order chi connectivity index (χ1) is 31.0. The van der Waals surface area contributed by atoms with Crippen LogP contribution in [0.25, 0.3) is 0 Å². The molecule has 0 aliphatic carbocycles. The molecule has 8 rings (SSSR count). The molecule has 4 N–H and O–H groups in total. The van der Waals surface area contributed by atoms with Gasteiger partial charge in [-0.25, -0.2) is 14.5 Å². The number of hydrogen-bond donors (Lipinski definition) is 4. The van der Waals surface area contributed by atoms with E-state index in [1.807, 2.05) is 65.6 Å². The lowest BCUT2D eigenvalue weighted by atomic mass is 9.65. The lowest BCUT2D eigenvalue weighted by Gasteiger charge is -2.46. The van der Waals surface area contributed by atoms with Crippen LogP contribution >= 0.6 is 0 Å². The first-order valence-electron chi connectivity index (χ1n) is 21.3. The number of morpholine rings is 1. The maximum Gasteiger partial charge on any atom is 0.329 e. The highest BCUT2D eigenvalue weighted by Crippen LogP contribution is 2.65. The number of para-hydroxylation sites is 1. The van der Waals surface area contributed by atoms with Crippen molar-refractivity contribution in [3.05, 3.63) is 167 Å². The second-order valence-corrected chi connectivity index (χ2v) is 16.4. The molecule has 2 fully saturated rings. The molecule has 5 aromatic carbocycles. The second kappa shape index (κ2) is 18.5. The number of nitrogens with zero attached hydrogens (tertiary/aromatic N) is 2. The molecule has 3 aliphatic rings. The largest absolute Gasteiger partial charge is 0.491 e. The third kappa shape index (κ3) is 7.67. The van der Waals surface area contributed by atoms with Crippen molar-refractivity contribution in [2.45, 2.75) is 55.6 Å². The molecule has 5 aromatic rings. The number of hydrogen-bond acceptors (Lipinski definition) is 11. The Bertz CT molecular complexity index is 2490. The van der Waals surface area contributed by atoms with Crippen LogP contribution in [0, 0.1) is 11.8 Å². The third-order valence-corrected chi connectivity index (χ3v) is 12.5. The summed E-state index contributed by atoms with van der Waals surface area (Å²) in [7, 11) is 1.21. The maximum atomic E-state index is 16.2. The van der Waals surface area contributed by atoms with E-state index in [1.54, 1.807) is 92.7 Å². The molecule has 14 heteroatoms. The van der Waals surface area contributed by atoms with Crippen LogP contribution in [0.5, 0.6) is 5.75 Å². The van der Waals surface area contributed by atoms with Crippen molar-refractivity contribution < 1.29 is 48.4 Å². The van der Waals surface area contributed by atoms with Gasteiger partial charge in [0.2, 0.25) is 11.8 Å². The van der Waals surface area contributed by atoms with Crippen LogP contribution < -0.4 is 20.3 Å². The van der Waals surface area contributed by atoms with Crippen LogP contribution in [0.4, 0.5) is 10.5 Å². The van der Waals surface area contributed by atoms with Gasteiger partial charge in [0, 0.05) is 6.54 Å². The van der Waals surface area contributed by atoms with Crippen molar-refractivity contribution in [3.63, 3.8) is 0 Å². The summed E-state index contributed by atoms with van der Waals surface area (Å²) < 4.78 is 17.3. The molecule has 330 valence electrons. The summed E-state index contributed by atoms with van der Waals surface area (Å²) in [6.45, 7) is 2.98. The van der Waals surface area contributed by atoms with Crippen molar-refractivity contribution in [2.24, 2.45) is 11.8 Å². The van der Waals surface area contributed by atoms with E-state index in [9.17, 15) is 19.8 Å². The number of carbonyl (C=O) groups is 5. The van der Waals surface area contributed by atoms with Gasteiger partial charge in [0.25, 0.3) is 0 Å². The Morgan fingerprint density at radius 2 is 1.39 bits per heavy atom. The molecule has 0 aromatic heterocycles. The highest BCUT2D eigenvalue weighted by Gasteiger charge is 2.75. The van der Waals surface area contributed by atoms with Crippen LogP contribution in [0.1, 0.15) is 66.0 Å². The molecule has 8 atom stereocenters. The number of imide groups is 1. The average Bonchev–Trinajstić information content (AvgIpc) is 3.78. The Morgan fingerprint density at radius 3 is 2.02 bits per heavy atom. The van der Waals surface area contributed by atoms with Gasteiger partial charge in [-0.05, 0) is 51.9 Å². The zero-order valence-corrected chi connectivity index (χ0v) is 35.6. The van der Waals surface area contributed by atoms with E-state index < -0.39 is 83.4 Å². The van der Waals surface area contributed by atoms with Crippen molar-refractivity contribution in [2.75, 3.05) is 31.8 Å². The van der Waals surface area contributed by atoms with Crippen LogP contribution in [-0.4, -0.2) is 83.8 Å². The van der Waals surface area contributed by atoms with E-state index in [0.29, 0.717) is 22.4 Å². The summed E-state index contributed by atoms with van der Waals surface area (Å²) in [6.07, 6.45) is -2.09. The Morgan fingerprint density at radius 1 is 0.781 bits per heavy atom. The molecule has 0 saturated carbocycles. The maximum absolute atomic E-state index is 16.2. The van der Waals surface area contributed by atoms with Crippen molar-refractivity contribution in [1.29, 1.82) is 0 Å². The van der Waals surface area contributed by atoms with Gasteiger partial charge in [0.1, 0.15) is 36.0 Å². The quantitative estimate of drug-likeness (QED) is 0.110. The normalized spacial score (nSPS) is 23.5.